The maximum Gasteiger partial charge on any atom is 0.215 e. The number of terminal acetylenes is 1. The van der Waals surface area contributed by atoms with Crippen LogP contribution in [0.4, 0.5) is 5.82 Å². The lowest BCUT2D eigenvalue weighted by atomic mass is 10.3. The number of nitrogens with one attached hydrogen (secondary N) is 2. The van der Waals surface area contributed by atoms with Gasteiger partial charge in [-0.2, -0.15) is 4.31 Å². The van der Waals surface area contributed by atoms with Crippen LogP contribution >= 0.6 is 24.0 Å². The first-order valence-corrected chi connectivity index (χ1v) is 9.69. The van der Waals surface area contributed by atoms with Crippen LogP contribution in [0.25, 0.3) is 0 Å². The van der Waals surface area contributed by atoms with Gasteiger partial charge in [0.15, 0.2) is 5.96 Å². The van der Waals surface area contributed by atoms with Crippen molar-refractivity contribution in [1.82, 2.24) is 19.9 Å². The Kier molecular flexibility index (Phi) is 9.68. The van der Waals surface area contributed by atoms with Crippen LogP contribution in [0.2, 0.25) is 0 Å². The largest absolute Gasteiger partial charge is 0.355 e. The Morgan fingerprint density at radius 1 is 1.31 bits per heavy atom. The van der Waals surface area contributed by atoms with Gasteiger partial charge < -0.3 is 15.5 Å². The van der Waals surface area contributed by atoms with E-state index >= 15 is 0 Å². The molecule has 1 aliphatic rings. The fourth-order valence-corrected chi connectivity index (χ4v) is 3.86. The van der Waals surface area contributed by atoms with Crippen molar-refractivity contribution in [3.05, 3.63) is 24.4 Å². The van der Waals surface area contributed by atoms with Crippen molar-refractivity contribution in [2.75, 3.05) is 57.0 Å². The van der Waals surface area contributed by atoms with E-state index in [1.807, 2.05) is 18.2 Å². The highest BCUT2D eigenvalue weighted by Crippen LogP contribution is 2.14. The van der Waals surface area contributed by atoms with Crippen molar-refractivity contribution in [2.45, 2.75) is 0 Å². The Bertz CT molecular complexity index is 712. The standard InChI is InChI=1S/C16H24N6O2S.HI/c1-3-7-19-16(17-2)20-9-14-25(23,24)22-12-10-21(11-13-22)15-6-4-5-8-18-15;/h1,4-6,8H,7,9-14H2,2H3,(H2,17,19,20);1H. The number of piperazine rings is 1. The monoisotopic (exact) mass is 492 g/mol. The lowest BCUT2D eigenvalue weighted by Gasteiger charge is -2.34. The lowest BCUT2D eigenvalue weighted by molar-refractivity contribution is 0.384. The molecule has 10 heteroatoms. The molecule has 0 bridgehead atoms. The number of halogens is 1. The van der Waals surface area contributed by atoms with Crippen LogP contribution in [0.15, 0.2) is 29.4 Å². The van der Waals surface area contributed by atoms with Gasteiger partial charge in [0.25, 0.3) is 0 Å². The van der Waals surface area contributed by atoms with Crippen molar-refractivity contribution in [3.8, 4) is 12.3 Å². The molecule has 26 heavy (non-hydrogen) atoms. The Labute approximate surface area is 172 Å². The van der Waals surface area contributed by atoms with Crippen LogP contribution < -0.4 is 15.5 Å². The highest BCUT2D eigenvalue weighted by molar-refractivity contribution is 14.0. The zero-order valence-electron chi connectivity index (χ0n) is 14.8. The van der Waals surface area contributed by atoms with Crippen molar-refractivity contribution in [2.24, 2.45) is 4.99 Å². The van der Waals surface area contributed by atoms with E-state index in [0.29, 0.717) is 38.7 Å². The number of aromatic nitrogens is 1. The first kappa shape index (κ1) is 22.5. The number of hydrogen-bond donors (Lipinski definition) is 2. The van der Waals surface area contributed by atoms with E-state index in [0.717, 1.165) is 5.82 Å². The van der Waals surface area contributed by atoms with Gasteiger partial charge in [-0.1, -0.05) is 12.0 Å². The molecule has 0 spiro atoms. The van der Waals surface area contributed by atoms with Gasteiger partial charge in [-0.25, -0.2) is 13.4 Å². The van der Waals surface area contributed by atoms with Crippen molar-refractivity contribution >= 4 is 45.8 Å². The number of nitrogens with zero attached hydrogens (tertiary/aromatic N) is 4. The highest BCUT2D eigenvalue weighted by Gasteiger charge is 2.27. The summed E-state index contributed by atoms with van der Waals surface area (Å²) >= 11 is 0. The van der Waals surface area contributed by atoms with E-state index in [4.69, 9.17) is 6.42 Å². The average Bonchev–Trinajstić information content (AvgIpc) is 2.65. The van der Waals surface area contributed by atoms with Crippen LogP contribution in [0, 0.1) is 12.3 Å². The van der Waals surface area contributed by atoms with Crippen molar-refractivity contribution in [1.29, 1.82) is 0 Å². The summed E-state index contributed by atoms with van der Waals surface area (Å²) in [6.45, 7) is 2.80. The summed E-state index contributed by atoms with van der Waals surface area (Å²) in [4.78, 5) is 10.4. The van der Waals surface area contributed by atoms with Gasteiger partial charge in [0.1, 0.15) is 5.82 Å². The summed E-state index contributed by atoms with van der Waals surface area (Å²) in [7, 11) is -1.70. The van der Waals surface area contributed by atoms with Gasteiger partial charge in [0.2, 0.25) is 10.0 Å². The number of hydrogen-bond acceptors (Lipinski definition) is 5. The first-order chi connectivity index (χ1) is 12.1. The molecule has 0 amide bonds. The zero-order valence-corrected chi connectivity index (χ0v) is 17.9. The summed E-state index contributed by atoms with van der Waals surface area (Å²) in [6.07, 6.45) is 6.92. The first-order valence-electron chi connectivity index (χ1n) is 8.08. The summed E-state index contributed by atoms with van der Waals surface area (Å²) in [5.74, 6) is 3.82. The molecule has 1 aromatic rings. The van der Waals surface area contributed by atoms with Crippen LogP contribution in [0.1, 0.15) is 0 Å². The fraction of sp³-hybridized carbons (Fsp3) is 0.500. The van der Waals surface area contributed by atoms with Gasteiger partial charge >= 0.3 is 0 Å². The minimum atomic E-state index is -3.31. The Hall–Kier alpha value is -1.58. The molecule has 0 atom stereocenters. The molecule has 2 heterocycles. The second-order valence-corrected chi connectivity index (χ2v) is 7.54. The predicted molar refractivity (Wildman–Crippen MR) is 115 cm³/mol. The zero-order chi connectivity index (χ0) is 18.1. The second kappa shape index (κ2) is 11.2. The molecule has 1 aliphatic heterocycles. The van der Waals surface area contributed by atoms with Gasteiger partial charge in [0.05, 0.1) is 12.3 Å². The molecule has 0 unspecified atom stereocenters. The third-order valence-electron chi connectivity index (χ3n) is 3.84. The van der Waals surface area contributed by atoms with Gasteiger partial charge in [-0.05, 0) is 12.1 Å². The van der Waals surface area contributed by atoms with Gasteiger partial charge in [0, 0.05) is 46.0 Å². The van der Waals surface area contributed by atoms with Crippen LogP contribution in [-0.2, 0) is 10.0 Å². The normalized spacial score (nSPS) is 15.7. The number of pyridine rings is 1. The van der Waals surface area contributed by atoms with Crippen molar-refractivity contribution in [3.63, 3.8) is 0 Å². The fourth-order valence-electron chi connectivity index (χ4n) is 2.52. The number of guanidine groups is 1. The minimum absolute atomic E-state index is 0. The number of sulfonamides is 1. The number of aliphatic imine (C=N–C) groups is 1. The van der Waals surface area contributed by atoms with E-state index in [1.165, 1.54) is 4.31 Å². The van der Waals surface area contributed by atoms with Gasteiger partial charge in [-0.3, -0.25) is 4.99 Å². The Morgan fingerprint density at radius 3 is 2.62 bits per heavy atom. The molecule has 0 radical (unpaired) electrons. The maximum atomic E-state index is 12.5. The average molecular weight is 492 g/mol. The maximum absolute atomic E-state index is 12.5. The van der Waals surface area contributed by atoms with E-state index in [9.17, 15) is 8.42 Å². The third-order valence-corrected chi connectivity index (χ3v) is 5.71. The quantitative estimate of drug-likeness (QED) is 0.251. The minimum Gasteiger partial charge on any atom is -0.355 e. The molecule has 2 rings (SSSR count). The molecule has 0 saturated carbocycles. The molecule has 0 aliphatic carbocycles. The Morgan fingerprint density at radius 2 is 2.04 bits per heavy atom. The summed E-state index contributed by atoms with van der Waals surface area (Å²) < 4.78 is 26.5. The van der Waals surface area contributed by atoms with Crippen LogP contribution in [-0.4, -0.2) is 75.7 Å². The van der Waals surface area contributed by atoms with E-state index < -0.39 is 10.0 Å². The molecule has 8 nitrogen and oxygen atoms in total. The SMILES string of the molecule is C#CCNC(=NC)NCCS(=O)(=O)N1CCN(c2ccccn2)CC1.I. The highest BCUT2D eigenvalue weighted by atomic mass is 127. The second-order valence-electron chi connectivity index (χ2n) is 5.45. The molecular formula is C16H25IN6O2S. The molecule has 1 fully saturated rings. The Balaban J connectivity index is 0.00000338. The van der Waals surface area contributed by atoms with E-state index in [1.54, 1.807) is 13.2 Å². The van der Waals surface area contributed by atoms with E-state index in [-0.39, 0.29) is 36.3 Å². The topological polar surface area (TPSA) is 89.9 Å². The molecule has 0 aromatic carbocycles. The smallest absolute Gasteiger partial charge is 0.215 e. The van der Waals surface area contributed by atoms with E-state index in [2.05, 4.69) is 31.4 Å². The predicted octanol–water partition coefficient (Wildman–Crippen LogP) is -0.0504. The summed E-state index contributed by atoms with van der Waals surface area (Å²) in [5, 5.41) is 5.84. The van der Waals surface area contributed by atoms with Gasteiger partial charge in [-0.15, -0.1) is 30.4 Å². The lowest BCUT2D eigenvalue weighted by Crippen LogP contribution is -2.50. The van der Waals surface area contributed by atoms with Crippen LogP contribution in [0.3, 0.4) is 0 Å². The number of rotatable bonds is 6. The summed E-state index contributed by atoms with van der Waals surface area (Å²) in [5.41, 5.74) is 0. The molecule has 1 aromatic heterocycles. The van der Waals surface area contributed by atoms with Crippen LogP contribution in [0.5, 0.6) is 0 Å². The van der Waals surface area contributed by atoms with Crippen molar-refractivity contribution < 1.29 is 8.42 Å². The molecule has 144 valence electrons. The third kappa shape index (κ3) is 6.62. The molecular weight excluding hydrogens is 467 g/mol. The molecule has 1 saturated heterocycles. The molecule has 2 N–H and O–H groups in total. The summed E-state index contributed by atoms with van der Waals surface area (Å²) in [6, 6.07) is 5.73. The number of anilines is 1.